The van der Waals surface area contributed by atoms with Crippen molar-refractivity contribution >= 4 is 40.7 Å². The Morgan fingerprint density at radius 3 is 2.27 bits per heavy atom. The zero-order valence-corrected chi connectivity index (χ0v) is 28.2. The summed E-state index contributed by atoms with van der Waals surface area (Å²) in [6.45, 7) is 5.63. The van der Waals surface area contributed by atoms with E-state index in [2.05, 4.69) is 10.3 Å². The molecule has 11 heteroatoms. The number of carbonyl (C=O) groups excluding carboxylic acids is 5. The first-order valence-corrected chi connectivity index (χ1v) is 16.4. The predicted octanol–water partition coefficient (Wildman–Crippen LogP) is 5.05. The van der Waals surface area contributed by atoms with Crippen molar-refractivity contribution in [1.29, 1.82) is 0 Å². The quantitative estimate of drug-likeness (QED) is 0.179. The van der Waals surface area contributed by atoms with Crippen LogP contribution in [0.25, 0.3) is 10.9 Å². The highest BCUT2D eigenvalue weighted by Gasteiger charge is 2.41. The molecule has 2 heterocycles. The summed E-state index contributed by atoms with van der Waals surface area (Å²) < 4.78 is 10.8. The van der Waals surface area contributed by atoms with Gasteiger partial charge in [0.15, 0.2) is 0 Å². The fourth-order valence-electron chi connectivity index (χ4n) is 5.97. The number of H-pyrrole nitrogens is 1. The Kier molecular flexibility index (Phi) is 10.8. The highest BCUT2D eigenvalue weighted by molar-refractivity contribution is 6.00. The van der Waals surface area contributed by atoms with E-state index in [-0.39, 0.29) is 18.4 Å². The first-order chi connectivity index (χ1) is 23.4. The molecule has 256 valence electrons. The van der Waals surface area contributed by atoms with Gasteiger partial charge in [0.05, 0.1) is 5.56 Å². The van der Waals surface area contributed by atoms with Crippen LogP contribution >= 0.6 is 0 Å². The van der Waals surface area contributed by atoms with Crippen LogP contribution in [0, 0.1) is 0 Å². The highest BCUT2D eigenvalue weighted by atomic mass is 16.6. The van der Waals surface area contributed by atoms with Crippen LogP contribution in [0.5, 0.6) is 0 Å². The molecule has 0 spiro atoms. The zero-order chi connectivity index (χ0) is 35.1. The molecule has 3 amide bonds. The zero-order valence-electron chi connectivity index (χ0n) is 28.2. The number of amides is 3. The number of esters is 2. The van der Waals surface area contributed by atoms with Gasteiger partial charge >= 0.3 is 18.0 Å². The van der Waals surface area contributed by atoms with E-state index in [1.54, 1.807) is 69.4 Å². The molecule has 0 aliphatic carbocycles. The molecule has 1 aromatic heterocycles. The maximum Gasteiger partial charge on any atom is 0.410 e. The molecular formula is C38H42N4O7. The summed E-state index contributed by atoms with van der Waals surface area (Å²) in [5.41, 5.74) is 1.82. The average Bonchev–Trinajstić information content (AvgIpc) is 3.74. The van der Waals surface area contributed by atoms with Crippen LogP contribution in [-0.2, 0) is 36.7 Å². The summed E-state index contributed by atoms with van der Waals surface area (Å²) in [5.74, 6) is -2.82. The number of nitrogens with zero attached hydrogens (tertiary/aromatic N) is 2. The van der Waals surface area contributed by atoms with Crippen LogP contribution < -0.4 is 5.32 Å². The summed E-state index contributed by atoms with van der Waals surface area (Å²) >= 11 is 0. The standard InChI is InChI=1S/C38H42N4O7/c1-38(2,3)49-37(47)42-21-13-20-31(42)34(44)41(4)32(23-27-24-39-29-19-12-11-18-28(27)29)33(43)40-30(22-25-14-7-5-8-15-25)36(46)48-35(45)26-16-9-6-10-17-26/h5-12,14-19,24,30-32,39H,13,20-23H2,1-4H3,(H,40,43)/t30-,31-,32+/m0/s1. The van der Waals surface area contributed by atoms with Gasteiger partial charge < -0.3 is 24.7 Å². The van der Waals surface area contributed by atoms with Gasteiger partial charge in [-0.3, -0.25) is 14.5 Å². The number of benzene rings is 3. The number of nitrogens with one attached hydrogen (secondary N) is 2. The minimum Gasteiger partial charge on any atom is -0.444 e. The third-order valence-electron chi connectivity index (χ3n) is 8.46. The molecule has 0 radical (unpaired) electrons. The largest absolute Gasteiger partial charge is 0.444 e. The summed E-state index contributed by atoms with van der Waals surface area (Å²) in [6.07, 6.45) is 2.36. The second-order valence-electron chi connectivity index (χ2n) is 13.2. The van der Waals surface area contributed by atoms with E-state index in [4.69, 9.17) is 9.47 Å². The number of carbonyl (C=O) groups is 5. The van der Waals surface area contributed by atoms with E-state index >= 15 is 0 Å². The van der Waals surface area contributed by atoms with Gasteiger partial charge in [0.1, 0.15) is 23.7 Å². The van der Waals surface area contributed by atoms with Crippen LogP contribution in [0.1, 0.15) is 55.1 Å². The number of hydrogen-bond acceptors (Lipinski definition) is 7. The van der Waals surface area contributed by atoms with Crippen molar-refractivity contribution in [2.45, 2.75) is 70.2 Å². The molecule has 1 saturated heterocycles. The highest BCUT2D eigenvalue weighted by Crippen LogP contribution is 2.25. The smallest absolute Gasteiger partial charge is 0.410 e. The van der Waals surface area contributed by atoms with Crippen molar-refractivity contribution in [1.82, 2.24) is 20.1 Å². The molecule has 3 atom stereocenters. The van der Waals surface area contributed by atoms with Gasteiger partial charge in [0, 0.05) is 43.5 Å². The second-order valence-corrected chi connectivity index (χ2v) is 13.2. The average molecular weight is 667 g/mol. The van der Waals surface area contributed by atoms with Crippen molar-refractivity contribution in [2.24, 2.45) is 0 Å². The lowest BCUT2D eigenvalue weighted by molar-refractivity contribution is -0.145. The molecule has 49 heavy (non-hydrogen) atoms. The first-order valence-electron chi connectivity index (χ1n) is 16.4. The van der Waals surface area contributed by atoms with Crippen molar-refractivity contribution in [3.63, 3.8) is 0 Å². The molecule has 4 aromatic rings. The molecule has 0 unspecified atom stereocenters. The number of aromatic nitrogens is 1. The van der Waals surface area contributed by atoms with E-state index in [0.29, 0.717) is 19.4 Å². The van der Waals surface area contributed by atoms with Gasteiger partial charge in [-0.25, -0.2) is 14.4 Å². The van der Waals surface area contributed by atoms with Crippen LogP contribution in [0.15, 0.2) is 91.1 Å². The lowest BCUT2D eigenvalue weighted by Crippen LogP contribution is -2.57. The van der Waals surface area contributed by atoms with Gasteiger partial charge in [-0.05, 0) is 62.9 Å². The van der Waals surface area contributed by atoms with Gasteiger partial charge in [-0.2, -0.15) is 0 Å². The number of likely N-dealkylation sites (N-methyl/N-ethyl adjacent to an activating group) is 1. The number of aromatic amines is 1. The number of fused-ring (bicyclic) bond motifs is 1. The molecule has 1 aliphatic heterocycles. The summed E-state index contributed by atoms with van der Waals surface area (Å²) in [4.78, 5) is 73.8. The number of hydrogen-bond donors (Lipinski definition) is 2. The van der Waals surface area contributed by atoms with E-state index in [0.717, 1.165) is 22.0 Å². The van der Waals surface area contributed by atoms with Gasteiger partial charge in [0.2, 0.25) is 11.8 Å². The number of rotatable bonds is 10. The van der Waals surface area contributed by atoms with Crippen molar-refractivity contribution in [3.05, 3.63) is 108 Å². The first kappa shape index (κ1) is 34.9. The summed E-state index contributed by atoms with van der Waals surface area (Å²) in [6, 6.07) is 21.6. The molecule has 11 nitrogen and oxygen atoms in total. The fourth-order valence-corrected chi connectivity index (χ4v) is 5.97. The SMILES string of the molecule is CN(C(=O)[C@@H]1CCCN1C(=O)OC(C)(C)C)[C@H](Cc1c[nH]c2ccccc12)C(=O)N[C@@H](Cc1ccccc1)C(=O)OC(=O)c1ccccc1. The normalized spacial score (nSPS) is 15.7. The Bertz CT molecular complexity index is 1800. The Balaban J connectivity index is 1.43. The van der Waals surface area contributed by atoms with Crippen molar-refractivity contribution in [2.75, 3.05) is 13.6 Å². The van der Waals surface area contributed by atoms with E-state index in [9.17, 15) is 24.0 Å². The van der Waals surface area contributed by atoms with Crippen LogP contribution in [0.2, 0.25) is 0 Å². The van der Waals surface area contributed by atoms with E-state index in [1.807, 2.05) is 30.3 Å². The van der Waals surface area contributed by atoms with E-state index in [1.165, 1.54) is 29.0 Å². The molecule has 3 aromatic carbocycles. The maximum absolute atomic E-state index is 14.3. The van der Waals surface area contributed by atoms with Crippen molar-refractivity contribution in [3.8, 4) is 0 Å². The minimum atomic E-state index is -1.25. The summed E-state index contributed by atoms with van der Waals surface area (Å²) in [7, 11) is 1.52. The van der Waals surface area contributed by atoms with Crippen molar-refractivity contribution < 1.29 is 33.4 Å². The van der Waals surface area contributed by atoms with Crippen LogP contribution in [-0.4, -0.2) is 81.9 Å². The monoisotopic (exact) mass is 666 g/mol. The third kappa shape index (κ3) is 8.72. The molecule has 0 saturated carbocycles. The van der Waals surface area contributed by atoms with Gasteiger partial charge in [0.25, 0.3) is 0 Å². The predicted molar refractivity (Wildman–Crippen MR) is 183 cm³/mol. The van der Waals surface area contributed by atoms with Gasteiger partial charge in [-0.1, -0.05) is 66.7 Å². The molecule has 5 rings (SSSR count). The minimum absolute atomic E-state index is 0.0417. The molecule has 2 N–H and O–H groups in total. The lowest BCUT2D eigenvalue weighted by Gasteiger charge is -2.34. The summed E-state index contributed by atoms with van der Waals surface area (Å²) in [5, 5.41) is 3.68. The Hall–Kier alpha value is -5.45. The molecular weight excluding hydrogens is 624 g/mol. The molecule has 1 aliphatic rings. The van der Waals surface area contributed by atoms with Crippen LogP contribution in [0.3, 0.4) is 0 Å². The topological polar surface area (TPSA) is 138 Å². The maximum atomic E-state index is 14.3. The van der Waals surface area contributed by atoms with E-state index < -0.39 is 53.6 Å². The Labute approximate surface area is 285 Å². The van der Waals surface area contributed by atoms with Gasteiger partial charge in [-0.15, -0.1) is 0 Å². The fraction of sp³-hybridized carbons (Fsp3) is 0.342. The Morgan fingerprint density at radius 1 is 0.918 bits per heavy atom. The second kappa shape index (κ2) is 15.2. The number of likely N-dealkylation sites (tertiary alicyclic amines) is 1. The third-order valence-corrected chi connectivity index (χ3v) is 8.46. The molecule has 0 bridgehead atoms. The number of para-hydroxylation sites is 1. The Morgan fingerprint density at radius 2 is 1.57 bits per heavy atom. The lowest BCUT2D eigenvalue weighted by atomic mass is 10.0. The molecule has 1 fully saturated rings. The van der Waals surface area contributed by atoms with Crippen LogP contribution in [0.4, 0.5) is 4.79 Å². The number of ether oxygens (including phenoxy) is 2.